The molecule has 1 aromatic heterocycles. The maximum absolute atomic E-state index is 5.49. The third-order valence-corrected chi connectivity index (χ3v) is 2.93. The van der Waals surface area contributed by atoms with Crippen molar-refractivity contribution in [1.82, 2.24) is 14.9 Å². The second-order valence-electron chi connectivity index (χ2n) is 4.49. The standard InChI is InChI=1S/C13H20N4/c1-17(7-3-2-6-14)9-11-4-5-12-13(8-11)16-10-15-12/h4-5,8,10H,2-3,6-7,9,14H2,1H3,(H,15,16). The highest BCUT2D eigenvalue weighted by molar-refractivity contribution is 5.74. The summed E-state index contributed by atoms with van der Waals surface area (Å²) in [5.74, 6) is 0. The van der Waals surface area contributed by atoms with Gasteiger partial charge in [0.2, 0.25) is 0 Å². The van der Waals surface area contributed by atoms with Crippen LogP contribution in [-0.2, 0) is 6.54 Å². The average Bonchev–Trinajstić information content (AvgIpc) is 2.76. The van der Waals surface area contributed by atoms with Gasteiger partial charge in [0.05, 0.1) is 17.4 Å². The van der Waals surface area contributed by atoms with Crippen molar-refractivity contribution in [3.8, 4) is 0 Å². The number of benzene rings is 1. The van der Waals surface area contributed by atoms with E-state index in [-0.39, 0.29) is 0 Å². The molecule has 0 atom stereocenters. The van der Waals surface area contributed by atoms with Crippen molar-refractivity contribution in [2.45, 2.75) is 19.4 Å². The Bertz CT molecular complexity index is 463. The molecular formula is C13H20N4. The van der Waals surface area contributed by atoms with E-state index in [1.165, 1.54) is 12.0 Å². The Balaban J connectivity index is 1.93. The lowest BCUT2D eigenvalue weighted by Crippen LogP contribution is -2.19. The van der Waals surface area contributed by atoms with Crippen LogP contribution in [0.5, 0.6) is 0 Å². The number of aromatic nitrogens is 2. The molecule has 0 radical (unpaired) electrons. The largest absolute Gasteiger partial charge is 0.345 e. The van der Waals surface area contributed by atoms with E-state index in [9.17, 15) is 0 Å². The van der Waals surface area contributed by atoms with E-state index in [1.54, 1.807) is 6.33 Å². The predicted molar refractivity (Wildman–Crippen MR) is 70.7 cm³/mol. The Morgan fingerprint density at radius 2 is 2.24 bits per heavy atom. The highest BCUT2D eigenvalue weighted by atomic mass is 15.1. The Morgan fingerprint density at radius 3 is 3.06 bits per heavy atom. The molecule has 0 aliphatic heterocycles. The predicted octanol–water partition coefficient (Wildman–Crippen LogP) is 1.73. The summed E-state index contributed by atoms with van der Waals surface area (Å²) in [5, 5.41) is 0. The van der Waals surface area contributed by atoms with Crippen molar-refractivity contribution in [3.05, 3.63) is 30.1 Å². The molecule has 0 aliphatic rings. The van der Waals surface area contributed by atoms with E-state index in [0.717, 1.165) is 37.1 Å². The average molecular weight is 232 g/mol. The van der Waals surface area contributed by atoms with Gasteiger partial charge in [-0.25, -0.2) is 4.98 Å². The molecule has 0 bridgehead atoms. The molecule has 4 nitrogen and oxygen atoms in total. The number of unbranched alkanes of at least 4 members (excludes halogenated alkanes) is 1. The fraction of sp³-hybridized carbons (Fsp3) is 0.462. The molecule has 17 heavy (non-hydrogen) atoms. The molecule has 1 aromatic carbocycles. The molecule has 2 rings (SSSR count). The number of fused-ring (bicyclic) bond motifs is 1. The van der Waals surface area contributed by atoms with Crippen LogP contribution in [0, 0.1) is 0 Å². The topological polar surface area (TPSA) is 57.9 Å². The van der Waals surface area contributed by atoms with Gasteiger partial charge < -0.3 is 15.6 Å². The minimum atomic E-state index is 0.786. The highest BCUT2D eigenvalue weighted by Crippen LogP contribution is 2.13. The van der Waals surface area contributed by atoms with Gasteiger partial charge in [-0.05, 0) is 50.7 Å². The van der Waals surface area contributed by atoms with Crippen molar-refractivity contribution < 1.29 is 0 Å². The molecule has 0 saturated heterocycles. The normalized spacial score (nSPS) is 11.5. The SMILES string of the molecule is CN(CCCCN)Cc1ccc2nc[nH]c2c1. The second-order valence-corrected chi connectivity index (χ2v) is 4.49. The fourth-order valence-electron chi connectivity index (χ4n) is 2.00. The minimum absolute atomic E-state index is 0.786. The molecule has 3 N–H and O–H groups in total. The maximum atomic E-state index is 5.49. The summed E-state index contributed by atoms with van der Waals surface area (Å²) < 4.78 is 0. The van der Waals surface area contributed by atoms with Crippen LogP contribution in [0.2, 0.25) is 0 Å². The van der Waals surface area contributed by atoms with Crippen LogP contribution in [0.1, 0.15) is 18.4 Å². The number of hydrogen-bond acceptors (Lipinski definition) is 3. The molecule has 0 aliphatic carbocycles. The third-order valence-electron chi connectivity index (χ3n) is 2.93. The molecule has 0 fully saturated rings. The summed E-state index contributed by atoms with van der Waals surface area (Å²) in [7, 11) is 2.15. The quantitative estimate of drug-likeness (QED) is 0.746. The Kier molecular flexibility index (Phi) is 4.12. The van der Waals surface area contributed by atoms with Gasteiger partial charge in [0.15, 0.2) is 0 Å². The second kappa shape index (κ2) is 5.80. The lowest BCUT2D eigenvalue weighted by Gasteiger charge is -2.16. The summed E-state index contributed by atoms with van der Waals surface area (Å²) in [4.78, 5) is 9.68. The zero-order valence-corrected chi connectivity index (χ0v) is 10.3. The van der Waals surface area contributed by atoms with Crippen LogP contribution in [0.25, 0.3) is 11.0 Å². The summed E-state index contributed by atoms with van der Waals surface area (Å²) in [6.07, 6.45) is 4.00. The van der Waals surface area contributed by atoms with Gasteiger partial charge in [-0.3, -0.25) is 0 Å². The first kappa shape index (κ1) is 12.1. The summed E-state index contributed by atoms with van der Waals surface area (Å²) in [6.45, 7) is 2.85. The van der Waals surface area contributed by atoms with Gasteiger partial charge in [0.1, 0.15) is 0 Å². The zero-order chi connectivity index (χ0) is 12.1. The summed E-state index contributed by atoms with van der Waals surface area (Å²) >= 11 is 0. The number of H-pyrrole nitrogens is 1. The van der Waals surface area contributed by atoms with Crippen LogP contribution < -0.4 is 5.73 Å². The third kappa shape index (κ3) is 3.28. The van der Waals surface area contributed by atoms with Crippen molar-refractivity contribution in [2.24, 2.45) is 5.73 Å². The van der Waals surface area contributed by atoms with Gasteiger partial charge in [-0.2, -0.15) is 0 Å². The number of nitrogens with one attached hydrogen (secondary N) is 1. The number of nitrogens with two attached hydrogens (primary N) is 1. The maximum Gasteiger partial charge on any atom is 0.0931 e. The van der Waals surface area contributed by atoms with Gasteiger partial charge in [-0.15, -0.1) is 0 Å². The van der Waals surface area contributed by atoms with Crippen molar-refractivity contribution >= 4 is 11.0 Å². The smallest absolute Gasteiger partial charge is 0.0931 e. The van der Waals surface area contributed by atoms with E-state index in [2.05, 4.69) is 40.1 Å². The monoisotopic (exact) mass is 232 g/mol. The molecule has 0 amide bonds. The lowest BCUT2D eigenvalue weighted by molar-refractivity contribution is 0.319. The Morgan fingerprint density at radius 1 is 1.35 bits per heavy atom. The van der Waals surface area contributed by atoms with Gasteiger partial charge >= 0.3 is 0 Å². The van der Waals surface area contributed by atoms with Gasteiger partial charge in [-0.1, -0.05) is 6.07 Å². The van der Waals surface area contributed by atoms with Crippen LogP contribution in [0.4, 0.5) is 0 Å². The van der Waals surface area contributed by atoms with E-state index in [0.29, 0.717) is 0 Å². The van der Waals surface area contributed by atoms with Crippen molar-refractivity contribution in [2.75, 3.05) is 20.1 Å². The summed E-state index contributed by atoms with van der Waals surface area (Å²) in [6, 6.07) is 6.37. The summed E-state index contributed by atoms with van der Waals surface area (Å²) in [5.41, 5.74) is 8.94. The first-order valence-corrected chi connectivity index (χ1v) is 6.10. The molecule has 0 unspecified atom stereocenters. The fourth-order valence-corrected chi connectivity index (χ4v) is 2.00. The van der Waals surface area contributed by atoms with E-state index in [1.807, 2.05) is 0 Å². The molecule has 92 valence electrons. The van der Waals surface area contributed by atoms with E-state index >= 15 is 0 Å². The number of imidazole rings is 1. The number of rotatable bonds is 6. The molecule has 2 aromatic rings. The molecule has 0 spiro atoms. The van der Waals surface area contributed by atoms with E-state index < -0.39 is 0 Å². The van der Waals surface area contributed by atoms with Crippen LogP contribution in [-0.4, -0.2) is 35.0 Å². The van der Waals surface area contributed by atoms with Crippen LogP contribution >= 0.6 is 0 Å². The van der Waals surface area contributed by atoms with Gasteiger partial charge in [0, 0.05) is 6.54 Å². The number of hydrogen-bond donors (Lipinski definition) is 2. The highest BCUT2D eigenvalue weighted by Gasteiger charge is 2.02. The molecule has 0 saturated carbocycles. The lowest BCUT2D eigenvalue weighted by atomic mass is 10.2. The Labute approximate surface area is 102 Å². The molecule has 4 heteroatoms. The van der Waals surface area contributed by atoms with Crippen LogP contribution in [0.3, 0.4) is 0 Å². The Hall–Kier alpha value is -1.39. The minimum Gasteiger partial charge on any atom is -0.345 e. The van der Waals surface area contributed by atoms with Gasteiger partial charge in [0.25, 0.3) is 0 Å². The molecular weight excluding hydrogens is 212 g/mol. The first-order chi connectivity index (χ1) is 8.29. The number of aromatic amines is 1. The van der Waals surface area contributed by atoms with E-state index in [4.69, 9.17) is 5.73 Å². The van der Waals surface area contributed by atoms with Crippen LogP contribution in [0.15, 0.2) is 24.5 Å². The number of nitrogens with zero attached hydrogens (tertiary/aromatic N) is 2. The zero-order valence-electron chi connectivity index (χ0n) is 10.3. The van der Waals surface area contributed by atoms with Crippen molar-refractivity contribution in [3.63, 3.8) is 0 Å². The molecule has 1 heterocycles. The van der Waals surface area contributed by atoms with Crippen molar-refractivity contribution in [1.29, 1.82) is 0 Å². The first-order valence-electron chi connectivity index (χ1n) is 6.10.